The molecule has 0 bridgehead atoms. The molecule has 0 amide bonds. The summed E-state index contributed by atoms with van der Waals surface area (Å²) >= 11 is 6.02. The van der Waals surface area contributed by atoms with Crippen LogP contribution in [0.5, 0.6) is 5.75 Å². The van der Waals surface area contributed by atoms with Crippen molar-refractivity contribution in [2.45, 2.75) is 39.3 Å². The second kappa shape index (κ2) is 7.73. The van der Waals surface area contributed by atoms with Crippen molar-refractivity contribution in [3.8, 4) is 5.75 Å². The van der Waals surface area contributed by atoms with E-state index in [1.165, 1.54) is 0 Å². The van der Waals surface area contributed by atoms with Crippen LogP contribution in [0.3, 0.4) is 0 Å². The van der Waals surface area contributed by atoms with Gasteiger partial charge in [-0.3, -0.25) is 0 Å². The fourth-order valence-corrected chi connectivity index (χ4v) is 1.79. The summed E-state index contributed by atoms with van der Waals surface area (Å²) in [5.41, 5.74) is 0.929. The van der Waals surface area contributed by atoms with E-state index in [0.717, 1.165) is 35.8 Å². The quantitative estimate of drug-likeness (QED) is 0.791. The summed E-state index contributed by atoms with van der Waals surface area (Å²) < 4.78 is 11.2. The molecular formula is C15H24ClNO2. The van der Waals surface area contributed by atoms with E-state index in [9.17, 15) is 0 Å². The molecule has 0 atom stereocenters. The zero-order chi connectivity index (χ0) is 14.3. The first-order valence-corrected chi connectivity index (χ1v) is 7.03. The van der Waals surface area contributed by atoms with Gasteiger partial charge < -0.3 is 14.8 Å². The summed E-state index contributed by atoms with van der Waals surface area (Å²) in [6, 6.07) is 5.73. The Morgan fingerprint density at radius 3 is 2.68 bits per heavy atom. The SMILES string of the molecule is CCNCc1cc(Cl)ccc1OCCC(C)(C)OC. The minimum Gasteiger partial charge on any atom is -0.493 e. The molecule has 0 fully saturated rings. The number of hydrogen-bond donors (Lipinski definition) is 1. The molecule has 0 heterocycles. The molecule has 0 aliphatic rings. The lowest BCUT2D eigenvalue weighted by Crippen LogP contribution is -2.25. The topological polar surface area (TPSA) is 30.5 Å². The van der Waals surface area contributed by atoms with Crippen molar-refractivity contribution in [1.82, 2.24) is 5.32 Å². The lowest BCUT2D eigenvalue weighted by molar-refractivity contribution is 0.00537. The van der Waals surface area contributed by atoms with E-state index in [0.29, 0.717) is 6.61 Å². The molecule has 0 unspecified atom stereocenters. The summed E-state index contributed by atoms with van der Waals surface area (Å²) in [5, 5.41) is 4.02. The molecule has 108 valence electrons. The fourth-order valence-electron chi connectivity index (χ4n) is 1.60. The molecular weight excluding hydrogens is 262 g/mol. The predicted molar refractivity (Wildman–Crippen MR) is 80.0 cm³/mol. The highest BCUT2D eigenvalue weighted by atomic mass is 35.5. The van der Waals surface area contributed by atoms with Crippen molar-refractivity contribution >= 4 is 11.6 Å². The van der Waals surface area contributed by atoms with Gasteiger partial charge in [-0.2, -0.15) is 0 Å². The number of methoxy groups -OCH3 is 1. The van der Waals surface area contributed by atoms with Crippen LogP contribution in [0.4, 0.5) is 0 Å². The van der Waals surface area contributed by atoms with Crippen LogP contribution < -0.4 is 10.1 Å². The summed E-state index contributed by atoms with van der Waals surface area (Å²) in [7, 11) is 1.72. The van der Waals surface area contributed by atoms with Crippen LogP contribution in [-0.4, -0.2) is 25.9 Å². The van der Waals surface area contributed by atoms with Gasteiger partial charge in [0.05, 0.1) is 12.2 Å². The van der Waals surface area contributed by atoms with Gasteiger partial charge in [0.1, 0.15) is 5.75 Å². The van der Waals surface area contributed by atoms with E-state index in [1.807, 2.05) is 18.2 Å². The van der Waals surface area contributed by atoms with Gasteiger partial charge in [-0.25, -0.2) is 0 Å². The van der Waals surface area contributed by atoms with Crippen LogP contribution >= 0.6 is 11.6 Å². The number of ether oxygens (including phenoxy) is 2. The van der Waals surface area contributed by atoms with Crippen LogP contribution in [0.25, 0.3) is 0 Å². The number of rotatable bonds is 8. The molecule has 0 saturated carbocycles. The van der Waals surface area contributed by atoms with Gasteiger partial charge >= 0.3 is 0 Å². The standard InChI is InChI=1S/C15H24ClNO2/c1-5-17-11-12-10-13(16)6-7-14(12)19-9-8-15(2,3)18-4/h6-7,10,17H,5,8-9,11H2,1-4H3. The van der Waals surface area contributed by atoms with Crippen molar-refractivity contribution in [2.24, 2.45) is 0 Å². The van der Waals surface area contributed by atoms with Crippen LogP contribution in [0.2, 0.25) is 5.02 Å². The molecule has 4 heteroatoms. The molecule has 0 radical (unpaired) electrons. The summed E-state index contributed by atoms with van der Waals surface area (Å²) in [4.78, 5) is 0. The van der Waals surface area contributed by atoms with E-state index < -0.39 is 0 Å². The molecule has 0 saturated heterocycles. The predicted octanol–water partition coefficient (Wildman–Crippen LogP) is 3.64. The van der Waals surface area contributed by atoms with E-state index in [4.69, 9.17) is 21.1 Å². The smallest absolute Gasteiger partial charge is 0.123 e. The van der Waals surface area contributed by atoms with Gasteiger partial charge in [0.2, 0.25) is 0 Å². The average Bonchev–Trinajstić information content (AvgIpc) is 2.38. The molecule has 0 aliphatic carbocycles. The number of halogens is 1. The largest absolute Gasteiger partial charge is 0.493 e. The number of nitrogens with one attached hydrogen (secondary N) is 1. The maximum Gasteiger partial charge on any atom is 0.123 e. The minimum atomic E-state index is -0.158. The lowest BCUT2D eigenvalue weighted by Gasteiger charge is -2.23. The second-order valence-corrected chi connectivity index (χ2v) is 5.53. The Morgan fingerprint density at radius 1 is 1.32 bits per heavy atom. The first-order valence-electron chi connectivity index (χ1n) is 6.65. The Hall–Kier alpha value is -0.770. The van der Waals surface area contributed by atoms with E-state index in [1.54, 1.807) is 7.11 Å². The van der Waals surface area contributed by atoms with Crippen molar-refractivity contribution in [2.75, 3.05) is 20.3 Å². The zero-order valence-corrected chi connectivity index (χ0v) is 13.0. The first-order chi connectivity index (χ1) is 8.98. The van der Waals surface area contributed by atoms with Crippen molar-refractivity contribution in [3.63, 3.8) is 0 Å². The Labute approximate surface area is 121 Å². The lowest BCUT2D eigenvalue weighted by atomic mass is 10.1. The molecule has 1 N–H and O–H groups in total. The highest BCUT2D eigenvalue weighted by Crippen LogP contribution is 2.24. The summed E-state index contributed by atoms with van der Waals surface area (Å²) in [6.07, 6.45) is 0.840. The fraction of sp³-hybridized carbons (Fsp3) is 0.600. The van der Waals surface area contributed by atoms with Gasteiger partial charge in [-0.15, -0.1) is 0 Å². The molecule has 1 aromatic carbocycles. The van der Waals surface area contributed by atoms with E-state index >= 15 is 0 Å². The average molecular weight is 286 g/mol. The van der Waals surface area contributed by atoms with Crippen molar-refractivity contribution in [1.29, 1.82) is 0 Å². The van der Waals surface area contributed by atoms with Crippen LogP contribution in [0, 0.1) is 0 Å². The Morgan fingerprint density at radius 2 is 2.05 bits per heavy atom. The molecule has 0 spiro atoms. The molecule has 1 rings (SSSR count). The Bertz CT molecular complexity index is 394. The molecule has 1 aromatic rings. The maximum absolute atomic E-state index is 6.02. The number of benzene rings is 1. The van der Waals surface area contributed by atoms with E-state index in [2.05, 4.69) is 26.1 Å². The highest BCUT2D eigenvalue weighted by Gasteiger charge is 2.16. The van der Waals surface area contributed by atoms with Crippen LogP contribution in [0.15, 0.2) is 18.2 Å². The highest BCUT2D eigenvalue weighted by molar-refractivity contribution is 6.30. The monoisotopic (exact) mass is 285 g/mol. The summed E-state index contributed by atoms with van der Waals surface area (Å²) in [6.45, 7) is 8.49. The minimum absolute atomic E-state index is 0.158. The normalized spacial score (nSPS) is 11.6. The Balaban J connectivity index is 2.61. The molecule has 0 aliphatic heterocycles. The van der Waals surface area contributed by atoms with Crippen molar-refractivity contribution in [3.05, 3.63) is 28.8 Å². The van der Waals surface area contributed by atoms with E-state index in [-0.39, 0.29) is 5.60 Å². The van der Waals surface area contributed by atoms with Gasteiger partial charge in [-0.1, -0.05) is 18.5 Å². The zero-order valence-electron chi connectivity index (χ0n) is 12.3. The molecule has 0 aromatic heterocycles. The van der Waals surface area contributed by atoms with Gasteiger partial charge in [0.25, 0.3) is 0 Å². The van der Waals surface area contributed by atoms with Crippen molar-refractivity contribution < 1.29 is 9.47 Å². The number of hydrogen-bond acceptors (Lipinski definition) is 3. The third-order valence-electron chi connectivity index (χ3n) is 3.10. The van der Waals surface area contributed by atoms with Crippen LogP contribution in [0.1, 0.15) is 32.8 Å². The second-order valence-electron chi connectivity index (χ2n) is 5.09. The Kier molecular flexibility index (Phi) is 6.63. The maximum atomic E-state index is 6.02. The first kappa shape index (κ1) is 16.3. The summed E-state index contributed by atoms with van der Waals surface area (Å²) in [5.74, 6) is 0.886. The molecule has 3 nitrogen and oxygen atoms in total. The van der Waals surface area contributed by atoms with Gasteiger partial charge in [0.15, 0.2) is 0 Å². The third kappa shape index (κ3) is 5.81. The van der Waals surface area contributed by atoms with Gasteiger partial charge in [0, 0.05) is 30.7 Å². The third-order valence-corrected chi connectivity index (χ3v) is 3.34. The molecule has 19 heavy (non-hydrogen) atoms. The van der Waals surface area contributed by atoms with Gasteiger partial charge in [-0.05, 0) is 38.6 Å². The van der Waals surface area contributed by atoms with Crippen LogP contribution in [-0.2, 0) is 11.3 Å².